The molecule has 0 spiro atoms. The lowest BCUT2D eigenvalue weighted by atomic mass is 10.2. The summed E-state index contributed by atoms with van der Waals surface area (Å²) in [6.07, 6.45) is 1.49. The van der Waals surface area contributed by atoms with E-state index in [4.69, 9.17) is 4.74 Å². The van der Waals surface area contributed by atoms with Crippen LogP contribution in [0, 0.1) is 0 Å². The molecule has 3 unspecified atom stereocenters. The molecule has 0 aliphatic carbocycles. The number of nitrogens with zero attached hydrogens (tertiary/aromatic N) is 2. The van der Waals surface area contributed by atoms with Gasteiger partial charge in [0.2, 0.25) is 6.41 Å². The van der Waals surface area contributed by atoms with E-state index in [1.54, 1.807) is 13.1 Å². The minimum Gasteiger partial charge on any atom is -0.379 e. The van der Waals surface area contributed by atoms with E-state index in [1.807, 2.05) is 30.3 Å². The topological polar surface area (TPSA) is 79.7 Å². The van der Waals surface area contributed by atoms with Crippen LogP contribution in [0.25, 0.3) is 10.9 Å². The maximum atomic E-state index is 12.9. The van der Waals surface area contributed by atoms with Gasteiger partial charge in [-0.1, -0.05) is 18.2 Å². The Kier molecular flexibility index (Phi) is 5.93. The van der Waals surface area contributed by atoms with E-state index in [9.17, 15) is 14.2 Å². The molecule has 7 heteroatoms. The van der Waals surface area contributed by atoms with Gasteiger partial charge in [0, 0.05) is 30.2 Å². The highest BCUT2D eigenvalue weighted by Crippen LogP contribution is 2.16. The number of aromatic nitrogens is 1. The van der Waals surface area contributed by atoms with Crippen LogP contribution in [0.1, 0.15) is 12.5 Å². The number of methoxy groups -OCH3 is 1. The molecule has 1 heterocycles. The largest absolute Gasteiger partial charge is 0.379 e. The first-order valence-corrected chi connectivity index (χ1v) is 9.54. The van der Waals surface area contributed by atoms with Gasteiger partial charge in [0.05, 0.1) is 17.7 Å². The molecule has 1 amide bonds. The fourth-order valence-corrected chi connectivity index (χ4v) is 4.46. The molecule has 6 nitrogen and oxygen atoms in total. The molecule has 3 atom stereocenters. The second kappa shape index (κ2) is 7.74. The molecule has 24 heavy (non-hydrogen) atoms. The standard InChI is InChI=1S/C17H22N2O4S/c1-13(23-2)17(19(21)12-20)11-24(3,22)10-14-8-15-6-4-5-7-16(15)18-9-14/h4-9,12-13,17,21H,3,10-11H2,1-2H3. The molecule has 0 saturated carbocycles. The van der Waals surface area contributed by atoms with Crippen molar-refractivity contribution in [2.24, 2.45) is 0 Å². The number of hydrogen-bond acceptors (Lipinski definition) is 5. The molecule has 0 aliphatic heterocycles. The third-order valence-corrected chi connectivity index (χ3v) is 5.72. The molecule has 0 bridgehead atoms. The Balaban J connectivity index is 2.20. The van der Waals surface area contributed by atoms with E-state index < -0.39 is 21.7 Å². The summed E-state index contributed by atoms with van der Waals surface area (Å²) in [5, 5.41) is 11.2. The van der Waals surface area contributed by atoms with E-state index in [0.29, 0.717) is 5.06 Å². The van der Waals surface area contributed by atoms with Gasteiger partial charge >= 0.3 is 0 Å². The van der Waals surface area contributed by atoms with Crippen LogP contribution in [0.2, 0.25) is 0 Å². The van der Waals surface area contributed by atoms with Crippen molar-refractivity contribution in [3.05, 3.63) is 42.1 Å². The van der Waals surface area contributed by atoms with Gasteiger partial charge in [0.1, 0.15) is 0 Å². The SMILES string of the molecule is C=S(=O)(Cc1cnc2ccccc2c1)CC(C(C)OC)N(O)C=O. The molecule has 1 aromatic heterocycles. The lowest BCUT2D eigenvalue weighted by Crippen LogP contribution is -2.45. The van der Waals surface area contributed by atoms with Gasteiger partial charge in [-0.3, -0.25) is 19.2 Å². The van der Waals surface area contributed by atoms with Crippen LogP contribution >= 0.6 is 0 Å². The zero-order chi connectivity index (χ0) is 17.7. The van der Waals surface area contributed by atoms with Gasteiger partial charge in [-0.15, -0.1) is 0 Å². The summed E-state index contributed by atoms with van der Waals surface area (Å²) in [6.45, 7) is 1.70. The maximum Gasteiger partial charge on any atom is 0.233 e. The van der Waals surface area contributed by atoms with Crippen LogP contribution in [-0.2, 0) is 24.8 Å². The number of benzene rings is 1. The predicted octanol–water partition coefficient (Wildman–Crippen LogP) is 1.70. The van der Waals surface area contributed by atoms with Crippen molar-refractivity contribution < 1.29 is 18.9 Å². The summed E-state index contributed by atoms with van der Waals surface area (Å²) in [7, 11) is -1.13. The Morgan fingerprint density at radius 1 is 1.46 bits per heavy atom. The van der Waals surface area contributed by atoms with E-state index in [0.717, 1.165) is 16.5 Å². The first-order valence-electron chi connectivity index (χ1n) is 7.48. The number of hydrogen-bond donors (Lipinski definition) is 1. The molecule has 1 N–H and O–H groups in total. The molecule has 1 aromatic carbocycles. The maximum absolute atomic E-state index is 12.9. The molecule has 0 aliphatic rings. The Hall–Kier alpha value is -1.96. The number of hydroxylamine groups is 2. The molecule has 130 valence electrons. The third kappa shape index (κ3) is 4.53. The highest BCUT2D eigenvalue weighted by atomic mass is 32.2. The summed E-state index contributed by atoms with van der Waals surface area (Å²) < 4.78 is 18.1. The van der Waals surface area contributed by atoms with E-state index in [2.05, 4.69) is 10.9 Å². The zero-order valence-electron chi connectivity index (χ0n) is 13.8. The van der Waals surface area contributed by atoms with Gasteiger partial charge in [0.15, 0.2) is 0 Å². The Labute approximate surface area is 142 Å². The fourth-order valence-electron chi connectivity index (χ4n) is 2.53. The Morgan fingerprint density at radius 2 is 2.17 bits per heavy atom. The van der Waals surface area contributed by atoms with E-state index >= 15 is 0 Å². The van der Waals surface area contributed by atoms with Crippen molar-refractivity contribution >= 4 is 32.7 Å². The van der Waals surface area contributed by atoms with Gasteiger partial charge in [0.25, 0.3) is 0 Å². The molecular weight excluding hydrogens is 328 g/mol. The minimum absolute atomic E-state index is 0.0318. The summed E-state index contributed by atoms with van der Waals surface area (Å²) >= 11 is 0. The third-order valence-electron chi connectivity index (χ3n) is 3.91. The number of para-hydroxylation sites is 1. The summed E-state index contributed by atoms with van der Waals surface area (Å²) in [5.74, 6) is 4.05. The quantitative estimate of drug-likeness (QED) is 0.339. The lowest BCUT2D eigenvalue weighted by molar-refractivity contribution is -0.168. The van der Waals surface area contributed by atoms with Crippen LogP contribution in [0.15, 0.2) is 36.5 Å². The van der Waals surface area contributed by atoms with Crippen LogP contribution in [0.4, 0.5) is 0 Å². The normalized spacial score (nSPS) is 16.3. The van der Waals surface area contributed by atoms with Crippen molar-refractivity contribution in [1.29, 1.82) is 0 Å². The average molecular weight is 350 g/mol. The number of ether oxygens (including phenoxy) is 1. The number of amides is 1. The molecule has 2 rings (SSSR count). The van der Waals surface area contributed by atoms with Crippen LogP contribution < -0.4 is 0 Å². The molecule has 2 aromatic rings. The van der Waals surface area contributed by atoms with Gasteiger partial charge in [-0.05, 0) is 40.0 Å². The number of carbonyl (C=O) groups is 1. The number of pyridine rings is 1. The van der Waals surface area contributed by atoms with Crippen LogP contribution in [-0.4, -0.2) is 56.8 Å². The summed E-state index contributed by atoms with van der Waals surface area (Å²) in [4.78, 5) is 15.2. The van der Waals surface area contributed by atoms with Gasteiger partial charge in [-0.25, -0.2) is 5.06 Å². The van der Waals surface area contributed by atoms with Crippen molar-refractivity contribution in [2.45, 2.75) is 24.8 Å². The van der Waals surface area contributed by atoms with E-state index in [-0.39, 0.29) is 17.9 Å². The van der Waals surface area contributed by atoms with Gasteiger partial charge < -0.3 is 4.74 Å². The van der Waals surface area contributed by atoms with Crippen LogP contribution in [0.3, 0.4) is 0 Å². The monoisotopic (exact) mass is 350 g/mol. The number of fused-ring (bicyclic) bond motifs is 1. The van der Waals surface area contributed by atoms with E-state index in [1.165, 1.54) is 7.11 Å². The first kappa shape index (κ1) is 18.4. The number of carbonyl (C=O) groups excluding carboxylic acids is 1. The number of rotatable bonds is 8. The highest BCUT2D eigenvalue weighted by molar-refractivity contribution is 7.99. The molecule has 0 saturated heterocycles. The summed E-state index contributed by atoms with van der Waals surface area (Å²) in [5.41, 5.74) is 1.67. The first-order chi connectivity index (χ1) is 11.4. The average Bonchev–Trinajstić information content (AvgIpc) is 2.58. The van der Waals surface area contributed by atoms with Crippen molar-refractivity contribution in [3.8, 4) is 0 Å². The summed E-state index contributed by atoms with van der Waals surface area (Å²) in [6, 6.07) is 8.87. The molecular formula is C17H22N2O4S. The van der Waals surface area contributed by atoms with Gasteiger partial charge in [-0.2, -0.15) is 0 Å². The smallest absolute Gasteiger partial charge is 0.233 e. The fraction of sp³-hybridized carbons (Fsp3) is 0.353. The predicted molar refractivity (Wildman–Crippen MR) is 95.5 cm³/mol. The Morgan fingerprint density at radius 3 is 2.83 bits per heavy atom. The highest BCUT2D eigenvalue weighted by Gasteiger charge is 2.26. The van der Waals surface area contributed by atoms with Crippen LogP contribution in [0.5, 0.6) is 0 Å². The Bertz CT molecular complexity index is 807. The second-order valence-corrected chi connectivity index (χ2v) is 8.36. The van der Waals surface area contributed by atoms with Crippen molar-refractivity contribution in [1.82, 2.24) is 10.0 Å². The second-order valence-electron chi connectivity index (χ2n) is 5.81. The lowest BCUT2D eigenvalue weighted by Gasteiger charge is -2.28. The minimum atomic E-state index is -2.59. The molecule has 0 radical (unpaired) electrons. The van der Waals surface area contributed by atoms with Crippen molar-refractivity contribution in [2.75, 3.05) is 12.9 Å². The van der Waals surface area contributed by atoms with Crippen molar-refractivity contribution in [3.63, 3.8) is 0 Å². The molecule has 0 fully saturated rings. The zero-order valence-corrected chi connectivity index (χ0v) is 14.6.